The number of aromatic nitrogens is 2. The van der Waals surface area contributed by atoms with E-state index in [4.69, 9.17) is 5.73 Å². The van der Waals surface area contributed by atoms with E-state index in [2.05, 4.69) is 29.5 Å². The van der Waals surface area contributed by atoms with Crippen LogP contribution in [0.5, 0.6) is 0 Å². The van der Waals surface area contributed by atoms with E-state index < -0.39 is 5.41 Å². The van der Waals surface area contributed by atoms with Crippen molar-refractivity contribution in [2.24, 2.45) is 11.1 Å². The van der Waals surface area contributed by atoms with Gasteiger partial charge in [-0.1, -0.05) is 44.2 Å². The molecule has 0 fully saturated rings. The first-order valence-electron chi connectivity index (χ1n) is 9.02. The van der Waals surface area contributed by atoms with Gasteiger partial charge in [-0.05, 0) is 32.3 Å². The van der Waals surface area contributed by atoms with E-state index in [0.29, 0.717) is 13.1 Å². The van der Waals surface area contributed by atoms with Crippen molar-refractivity contribution in [2.75, 3.05) is 6.54 Å². The number of aryl methyl sites for hydroxylation is 1. The fourth-order valence-electron chi connectivity index (χ4n) is 3.21. The highest BCUT2D eigenvalue weighted by atomic mass is 35.5. The third-order valence-corrected chi connectivity index (χ3v) is 5.36. The van der Waals surface area contributed by atoms with Crippen molar-refractivity contribution in [1.29, 1.82) is 0 Å². The normalized spacial score (nSPS) is 11.1. The van der Waals surface area contributed by atoms with Gasteiger partial charge in [0, 0.05) is 24.3 Å². The summed E-state index contributed by atoms with van der Waals surface area (Å²) < 4.78 is 2.00. The van der Waals surface area contributed by atoms with Crippen LogP contribution in [-0.4, -0.2) is 22.2 Å². The van der Waals surface area contributed by atoms with Crippen LogP contribution in [0.15, 0.2) is 30.3 Å². The van der Waals surface area contributed by atoms with Crippen LogP contribution in [0.25, 0.3) is 0 Å². The summed E-state index contributed by atoms with van der Waals surface area (Å²) in [6, 6.07) is 10.3. The second-order valence-corrected chi connectivity index (χ2v) is 6.67. The number of hydrogen-bond donors (Lipinski definition) is 2. The molecule has 0 spiro atoms. The average Bonchev–Trinajstić information content (AvgIpc) is 2.89. The number of rotatable bonds is 8. The Morgan fingerprint density at radius 3 is 2.35 bits per heavy atom. The summed E-state index contributed by atoms with van der Waals surface area (Å²) in [5.41, 5.74) is 9.75. The zero-order valence-corrected chi connectivity index (χ0v) is 17.0. The summed E-state index contributed by atoms with van der Waals surface area (Å²) in [4.78, 5) is 12.6. The van der Waals surface area contributed by atoms with E-state index in [1.165, 1.54) is 5.56 Å². The van der Waals surface area contributed by atoms with Gasteiger partial charge in [0.1, 0.15) is 0 Å². The van der Waals surface area contributed by atoms with Crippen LogP contribution in [0.4, 0.5) is 0 Å². The number of hydrogen-bond acceptors (Lipinski definition) is 3. The Morgan fingerprint density at radius 2 is 1.81 bits per heavy atom. The van der Waals surface area contributed by atoms with Gasteiger partial charge in [-0.3, -0.25) is 9.48 Å². The van der Waals surface area contributed by atoms with Gasteiger partial charge < -0.3 is 11.1 Å². The monoisotopic (exact) mass is 378 g/mol. The molecule has 1 amide bonds. The topological polar surface area (TPSA) is 72.9 Å². The average molecular weight is 379 g/mol. The molecule has 5 nitrogen and oxygen atoms in total. The van der Waals surface area contributed by atoms with Crippen LogP contribution in [0, 0.1) is 19.3 Å². The first kappa shape index (κ1) is 22.2. The van der Waals surface area contributed by atoms with Gasteiger partial charge in [0.15, 0.2) is 0 Å². The lowest BCUT2D eigenvalue weighted by Gasteiger charge is -2.28. The number of amides is 1. The molecule has 2 aromatic rings. The molecule has 0 radical (unpaired) electrons. The molecule has 144 valence electrons. The Balaban J connectivity index is 0.00000338. The van der Waals surface area contributed by atoms with Crippen molar-refractivity contribution in [1.82, 2.24) is 15.1 Å². The third-order valence-electron chi connectivity index (χ3n) is 5.36. The van der Waals surface area contributed by atoms with Crippen LogP contribution < -0.4 is 11.1 Å². The molecule has 1 heterocycles. The minimum atomic E-state index is -0.470. The van der Waals surface area contributed by atoms with Gasteiger partial charge in [-0.25, -0.2) is 0 Å². The Morgan fingerprint density at radius 1 is 1.19 bits per heavy atom. The van der Waals surface area contributed by atoms with E-state index in [0.717, 1.165) is 36.3 Å². The van der Waals surface area contributed by atoms with Crippen molar-refractivity contribution in [3.8, 4) is 0 Å². The molecule has 2 rings (SSSR count). The Hall–Kier alpha value is -1.85. The number of carbonyl (C=O) groups excluding carboxylic acids is 1. The van der Waals surface area contributed by atoms with Crippen LogP contribution in [0.2, 0.25) is 0 Å². The highest BCUT2D eigenvalue weighted by Gasteiger charge is 2.33. The van der Waals surface area contributed by atoms with Crippen molar-refractivity contribution >= 4 is 18.3 Å². The van der Waals surface area contributed by atoms with Gasteiger partial charge >= 0.3 is 0 Å². The summed E-state index contributed by atoms with van der Waals surface area (Å²) in [7, 11) is 0. The second kappa shape index (κ2) is 9.74. The molecule has 0 bridgehead atoms. The van der Waals surface area contributed by atoms with Gasteiger partial charge in [0.05, 0.1) is 17.7 Å². The lowest BCUT2D eigenvalue weighted by Crippen LogP contribution is -2.45. The number of nitrogens with zero attached hydrogens (tertiary/aromatic N) is 2. The SMILES string of the molecule is CCC(CC)(CN)C(=O)NCc1c(C)nn(Cc2ccccc2)c1C.Cl. The van der Waals surface area contributed by atoms with Crippen LogP contribution in [0.1, 0.15) is 49.2 Å². The fraction of sp³-hybridized carbons (Fsp3) is 0.500. The predicted octanol–water partition coefficient (Wildman–Crippen LogP) is 3.35. The summed E-state index contributed by atoms with van der Waals surface area (Å²) >= 11 is 0. The van der Waals surface area contributed by atoms with E-state index >= 15 is 0 Å². The maximum Gasteiger partial charge on any atom is 0.227 e. The molecule has 0 aliphatic carbocycles. The molecular weight excluding hydrogens is 348 g/mol. The third kappa shape index (κ3) is 4.65. The maximum atomic E-state index is 12.6. The van der Waals surface area contributed by atoms with Crippen molar-refractivity contribution < 1.29 is 4.79 Å². The van der Waals surface area contributed by atoms with E-state index in [1.54, 1.807) is 0 Å². The molecule has 0 atom stereocenters. The number of benzene rings is 1. The fourth-order valence-corrected chi connectivity index (χ4v) is 3.21. The standard InChI is InChI=1S/C20H30N4O.ClH/c1-5-20(6-2,14-21)19(25)22-12-18-15(3)23-24(16(18)4)13-17-10-8-7-9-11-17;/h7-11H,5-6,12-14,21H2,1-4H3,(H,22,25);1H. The highest BCUT2D eigenvalue weighted by molar-refractivity contribution is 5.85. The van der Waals surface area contributed by atoms with E-state index in [9.17, 15) is 4.79 Å². The van der Waals surface area contributed by atoms with E-state index in [-0.39, 0.29) is 18.3 Å². The number of nitrogens with one attached hydrogen (secondary N) is 1. The molecule has 0 saturated heterocycles. The lowest BCUT2D eigenvalue weighted by molar-refractivity contribution is -0.131. The Bertz CT molecular complexity index is 700. The lowest BCUT2D eigenvalue weighted by atomic mass is 9.81. The smallest absolute Gasteiger partial charge is 0.227 e. The van der Waals surface area contributed by atoms with Gasteiger partial charge in [-0.15, -0.1) is 12.4 Å². The molecule has 6 heteroatoms. The van der Waals surface area contributed by atoms with Crippen LogP contribution >= 0.6 is 12.4 Å². The molecule has 0 aliphatic rings. The molecule has 0 saturated carbocycles. The zero-order valence-electron chi connectivity index (χ0n) is 16.2. The van der Waals surface area contributed by atoms with Crippen LogP contribution in [-0.2, 0) is 17.9 Å². The predicted molar refractivity (Wildman–Crippen MR) is 108 cm³/mol. The molecule has 1 aromatic carbocycles. The summed E-state index contributed by atoms with van der Waals surface area (Å²) in [6.07, 6.45) is 1.49. The summed E-state index contributed by atoms with van der Waals surface area (Å²) in [6.45, 7) is 9.68. The Labute approximate surface area is 162 Å². The molecular formula is C20H31ClN4O. The summed E-state index contributed by atoms with van der Waals surface area (Å²) in [5, 5.41) is 7.73. The van der Waals surface area contributed by atoms with Crippen molar-refractivity contribution in [2.45, 2.75) is 53.6 Å². The second-order valence-electron chi connectivity index (χ2n) is 6.67. The molecule has 1 aromatic heterocycles. The maximum absolute atomic E-state index is 12.6. The quantitative estimate of drug-likeness (QED) is 0.739. The number of carbonyl (C=O) groups is 1. The van der Waals surface area contributed by atoms with Crippen molar-refractivity contribution in [3.05, 3.63) is 52.8 Å². The van der Waals surface area contributed by atoms with Crippen LogP contribution in [0.3, 0.4) is 0 Å². The van der Waals surface area contributed by atoms with Gasteiger partial charge in [-0.2, -0.15) is 5.10 Å². The molecule has 26 heavy (non-hydrogen) atoms. The van der Waals surface area contributed by atoms with E-state index in [1.807, 2.05) is 43.7 Å². The zero-order chi connectivity index (χ0) is 18.4. The largest absolute Gasteiger partial charge is 0.351 e. The molecule has 3 N–H and O–H groups in total. The Kier molecular flexibility index (Phi) is 8.31. The number of halogens is 1. The van der Waals surface area contributed by atoms with Crippen molar-refractivity contribution in [3.63, 3.8) is 0 Å². The minimum absolute atomic E-state index is 0. The highest BCUT2D eigenvalue weighted by Crippen LogP contribution is 2.25. The summed E-state index contributed by atoms with van der Waals surface area (Å²) in [5.74, 6) is 0.0367. The molecule has 0 aliphatic heterocycles. The number of nitrogens with two attached hydrogens (primary N) is 1. The first-order valence-corrected chi connectivity index (χ1v) is 9.02. The molecule has 0 unspecified atom stereocenters. The minimum Gasteiger partial charge on any atom is -0.351 e. The van der Waals surface area contributed by atoms with Gasteiger partial charge in [0.2, 0.25) is 5.91 Å². The first-order chi connectivity index (χ1) is 12.0. The van der Waals surface area contributed by atoms with Gasteiger partial charge in [0.25, 0.3) is 0 Å².